The minimum absolute atomic E-state index is 0.0122. The number of hydrogen-bond donors (Lipinski definition) is 2. The van der Waals surface area contributed by atoms with Crippen LogP contribution in [0.3, 0.4) is 0 Å². The highest BCUT2D eigenvalue weighted by Gasteiger charge is 2.24. The lowest BCUT2D eigenvalue weighted by atomic mass is 9.98. The minimum atomic E-state index is -0.661. The number of primary amides is 1. The van der Waals surface area contributed by atoms with Gasteiger partial charge in [-0.25, -0.2) is 0 Å². The molecule has 23 heavy (non-hydrogen) atoms. The van der Waals surface area contributed by atoms with Gasteiger partial charge in [-0.2, -0.15) is 0 Å². The number of fused-ring (bicyclic) bond motifs is 1. The van der Waals surface area contributed by atoms with Crippen LogP contribution >= 0.6 is 0 Å². The number of carbonyl (C=O) groups is 2. The number of carbonyl (C=O) groups excluding carboxylic acids is 2. The fraction of sp³-hybridized carbons (Fsp3) is 0.412. The lowest BCUT2D eigenvalue weighted by molar-refractivity contribution is -0.128. The van der Waals surface area contributed by atoms with Crippen LogP contribution in [0.1, 0.15) is 25.8 Å². The Morgan fingerprint density at radius 1 is 1.39 bits per heavy atom. The van der Waals surface area contributed by atoms with Crippen LogP contribution in [0.25, 0.3) is 11.0 Å². The van der Waals surface area contributed by atoms with E-state index in [-0.39, 0.29) is 18.2 Å². The second-order valence-electron chi connectivity index (χ2n) is 5.63. The molecule has 1 aromatic carbocycles. The molecule has 2 atom stereocenters. The highest BCUT2D eigenvalue weighted by atomic mass is 16.5. The van der Waals surface area contributed by atoms with Crippen molar-refractivity contribution in [3.8, 4) is 5.75 Å². The molecule has 0 spiro atoms. The van der Waals surface area contributed by atoms with Crippen LogP contribution < -0.4 is 15.8 Å². The van der Waals surface area contributed by atoms with Crippen molar-refractivity contribution >= 4 is 22.8 Å². The van der Waals surface area contributed by atoms with E-state index in [0.717, 1.165) is 17.4 Å². The lowest BCUT2D eigenvalue weighted by Crippen LogP contribution is -2.48. The van der Waals surface area contributed by atoms with Crippen LogP contribution in [0.15, 0.2) is 28.9 Å². The summed E-state index contributed by atoms with van der Waals surface area (Å²) >= 11 is 0. The van der Waals surface area contributed by atoms with E-state index in [2.05, 4.69) is 5.32 Å². The van der Waals surface area contributed by atoms with Gasteiger partial charge < -0.3 is 20.2 Å². The van der Waals surface area contributed by atoms with Gasteiger partial charge in [-0.05, 0) is 18.1 Å². The predicted octanol–water partition coefficient (Wildman–Crippen LogP) is 2.00. The molecule has 2 rings (SSSR count). The smallest absolute Gasteiger partial charge is 0.240 e. The Kier molecular flexibility index (Phi) is 5.26. The summed E-state index contributed by atoms with van der Waals surface area (Å²) in [5.41, 5.74) is 6.78. The molecule has 1 heterocycles. The van der Waals surface area contributed by atoms with Gasteiger partial charge in [0.1, 0.15) is 17.4 Å². The van der Waals surface area contributed by atoms with Crippen LogP contribution in [0.2, 0.25) is 0 Å². The third-order valence-corrected chi connectivity index (χ3v) is 4.05. The largest absolute Gasteiger partial charge is 0.497 e. The molecule has 2 aromatic rings. The number of benzene rings is 1. The first-order valence-electron chi connectivity index (χ1n) is 7.59. The molecule has 1 aromatic heterocycles. The van der Waals surface area contributed by atoms with Gasteiger partial charge in [-0.1, -0.05) is 20.3 Å². The van der Waals surface area contributed by atoms with Crippen LogP contribution in [0.5, 0.6) is 5.75 Å². The summed E-state index contributed by atoms with van der Waals surface area (Å²) in [5, 5.41) is 3.56. The molecule has 3 N–H and O–H groups in total. The van der Waals surface area contributed by atoms with Gasteiger partial charge in [0.25, 0.3) is 0 Å². The van der Waals surface area contributed by atoms with Crippen molar-refractivity contribution in [1.29, 1.82) is 0 Å². The van der Waals surface area contributed by atoms with E-state index in [1.165, 1.54) is 0 Å². The first kappa shape index (κ1) is 16.9. The fourth-order valence-corrected chi connectivity index (χ4v) is 2.45. The van der Waals surface area contributed by atoms with Gasteiger partial charge in [-0.15, -0.1) is 0 Å². The standard InChI is InChI=1S/C17H22N2O4/c1-4-10(2)16(17(18)21)19-15(20)7-11-9-23-14-8-12(22-3)5-6-13(11)14/h5-6,8-10,16H,4,7H2,1-3H3,(H2,18,21)(H,19,20)/t10-,16-/m0/s1. The van der Waals surface area contributed by atoms with Gasteiger partial charge in [-0.3, -0.25) is 9.59 Å². The molecule has 124 valence electrons. The van der Waals surface area contributed by atoms with Crippen molar-refractivity contribution in [2.75, 3.05) is 7.11 Å². The first-order valence-corrected chi connectivity index (χ1v) is 7.59. The van der Waals surface area contributed by atoms with Crippen LogP contribution in [0.4, 0.5) is 0 Å². The third kappa shape index (κ3) is 3.83. The Morgan fingerprint density at radius 2 is 2.13 bits per heavy atom. The minimum Gasteiger partial charge on any atom is -0.497 e. The highest BCUT2D eigenvalue weighted by Crippen LogP contribution is 2.25. The molecular weight excluding hydrogens is 296 g/mol. The molecule has 0 fully saturated rings. The Balaban J connectivity index is 2.12. The van der Waals surface area contributed by atoms with Crippen molar-refractivity contribution in [3.05, 3.63) is 30.0 Å². The third-order valence-electron chi connectivity index (χ3n) is 4.05. The Morgan fingerprint density at radius 3 is 2.74 bits per heavy atom. The van der Waals surface area contributed by atoms with Crippen molar-refractivity contribution in [1.82, 2.24) is 5.32 Å². The van der Waals surface area contributed by atoms with Crippen LogP contribution in [-0.2, 0) is 16.0 Å². The van der Waals surface area contributed by atoms with Crippen LogP contribution in [0, 0.1) is 5.92 Å². The molecule has 0 aliphatic rings. The number of nitrogens with two attached hydrogens (primary N) is 1. The zero-order valence-corrected chi connectivity index (χ0v) is 13.6. The molecule has 6 nitrogen and oxygen atoms in total. The number of rotatable bonds is 7. The number of amides is 2. The van der Waals surface area contributed by atoms with Gasteiger partial charge in [0.15, 0.2) is 0 Å². The summed E-state index contributed by atoms with van der Waals surface area (Å²) < 4.78 is 10.6. The maximum Gasteiger partial charge on any atom is 0.240 e. The first-order chi connectivity index (χ1) is 11.0. The van der Waals surface area contributed by atoms with Gasteiger partial charge >= 0.3 is 0 Å². The number of nitrogens with one attached hydrogen (secondary N) is 1. The predicted molar refractivity (Wildman–Crippen MR) is 87.1 cm³/mol. The van der Waals surface area contributed by atoms with E-state index >= 15 is 0 Å². The quantitative estimate of drug-likeness (QED) is 0.816. The molecule has 0 unspecified atom stereocenters. The second-order valence-corrected chi connectivity index (χ2v) is 5.63. The SMILES string of the molecule is CC[C@H](C)[C@H](NC(=O)Cc1coc2cc(OC)ccc12)C(N)=O. The zero-order chi connectivity index (χ0) is 17.0. The molecule has 0 bridgehead atoms. The molecule has 0 radical (unpaired) electrons. The maximum atomic E-state index is 12.2. The van der Waals surface area contributed by atoms with Crippen molar-refractivity contribution in [2.24, 2.45) is 11.7 Å². The Bertz CT molecular complexity index is 708. The summed E-state index contributed by atoms with van der Waals surface area (Å²) in [6, 6.07) is 4.76. The highest BCUT2D eigenvalue weighted by molar-refractivity contribution is 5.91. The molecule has 0 aliphatic heterocycles. The average molecular weight is 318 g/mol. The number of hydrogen-bond acceptors (Lipinski definition) is 4. The van der Waals surface area contributed by atoms with Crippen molar-refractivity contribution < 1.29 is 18.7 Å². The lowest BCUT2D eigenvalue weighted by Gasteiger charge is -2.20. The second kappa shape index (κ2) is 7.17. The molecule has 0 saturated carbocycles. The summed E-state index contributed by atoms with van der Waals surface area (Å²) in [4.78, 5) is 23.7. The topological polar surface area (TPSA) is 94.6 Å². The van der Waals surface area contributed by atoms with Crippen LogP contribution in [-0.4, -0.2) is 25.0 Å². The Labute approximate surface area is 135 Å². The summed E-state index contributed by atoms with van der Waals surface area (Å²) in [6.07, 6.45) is 2.42. The number of furan rings is 1. The van der Waals surface area contributed by atoms with E-state index in [1.54, 1.807) is 19.4 Å². The maximum absolute atomic E-state index is 12.2. The number of methoxy groups -OCH3 is 1. The van der Waals surface area contributed by atoms with E-state index in [4.69, 9.17) is 14.9 Å². The normalized spacial score (nSPS) is 13.5. The van der Waals surface area contributed by atoms with E-state index in [0.29, 0.717) is 11.3 Å². The number of ether oxygens (including phenoxy) is 1. The summed E-state index contributed by atoms with van der Waals surface area (Å²) in [5.74, 6) is -0.0997. The van der Waals surface area contributed by atoms with Crippen molar-refractivity contribution in [2.45, 2.75) is 32.7 Å². The zero-order valence-electron chi connectivity index (χ0n) is 13.6. The monoisotopic (exact) mass is 318 g/mol. The summed E-state index contributed by atoms with van der Waals surface area (Å²) in [7, 11) is 1.58. The van der Waals surface area contributed by atoms with E-state index in [1.807, 2.05) is 26.0 Å². The van der Waals surface area contributed by atoms with Gasteiger partial charge in [0.05, 0.1) is 19.8 Å². The Hall–Kier alpha value is -2.50. The van der Waals surface area contributed by atoms with Gasteiger partial charge in [0, 0.05) is 17.0 Å². The molecule has 0 saturated heterocycles. The van der Waals surface area contributed by atoms with E-state index in [9.17, 15) is 9.59 Å². The molecular formula is C17H22N2O4. The molecule has 2 amide bonds. The average Bonchev–Trinajstić information content (AvgIpc) is 2.93. The van der Waals surface area contributed by atoms with E-state index < -0.39 is 11.9 Å². The summed E-state index contributed by atoms with van der Waals surface area (Å²) in [6.45, 7) is 3.83. The van der Waals surface area contributed by atoms with Gasteiger partial charge in [0.2, 0.25) is 11.8 Å². The molecule has 0 aliphatic carbocycles. The van der Waals surface area contributed by atoms with Crippen molar-refractivity contribution in [3.63, 3.8) is 0 Å². The molecule has 6 heteroatoms. The fourth-order valence-electron chi connectivity index (χ4n) is 2.45.